The number of nitriles is 2. The Labute approximate surface area is 94.0 Å². The van der Waals surface area contributed by atoms with Gasteiger partial charge in [-0.1, -0.05) is 13.0 Å². The molecule has 0 saturated heterocycles. The predicted molar refractivity (Wildman–Crippen MR) is 60.1 cm³/mol. The molecule has 4 heteroatoms. The van der Waals surface area contributed by atoms with Crippen LogP contribution >= 0.6 is 11.3 Å². The second-order valence-corrected chi connectivity index (χ2v) is 4.35. The maximum absolute atomic E-state index is 8.98. The molecule has 1 rings (SSSR count). The van der Waals surface area contributed by atoms with Crippen LogP contribution in [0.1, 0.15) is 18.7 Å². The van der Waals surface area contributed by atoms with Crippen LogP contribution in [-0.4, -0.2) is 6.54 Å². The molecule has 0 aromatic carbocycles. The summed E-state index contributed by atoms with van der Waals surface area (Å²) in [5.41, 5.74) is -0.563. The third-order valence-corrected chi connectivity index (χ3v) is 3.52. The molecule has 0 saturated carbocycles. The van der Waals surface area contributed by atoms with Gasteiger partial charge in [-0.3, -0.25) is 0 Å². The Kier molecular flexibility index (Phi) is 3.85. The van der Waals surface area contributed by atoms with Gasteiger partial charge in [0.15, 0.2) is 5.92 Å². The minimum Gasteiger partial charge on any atom is -0.305 e. The molecule has 3 nitrogen and oxygen atoms in total. The third-order valence-electron chi connectivity index (χ3n) is 2.41. The van der Waals surface area contributed by atoms with Gasteiger partial charge in [0.2, 0.25) is 0 Å². The van der Waals surface area contributed by atoms with Crippen LogP contribution in [0.3, 0.4) is 0 Å². The van der Waals surface area contributed by atoms with E-state index in [0.717, 1.165) is 11.4 Å². The number of hydrogen-bond donors (Lipinski definition) is 1. The molecule has 1 aromatic heterocycles. The molecule has 0 fully saturated rings. The summed E-state index contributed by atoms with van der Waals surface area (Å²) in [4.78, 5) is 1.03. The number of rotatable bonds is 4. The van der Waals surface area contributed by atoms with Gasteiger partial charge in [-0.05, 0) is 24.9 Å². The molecule has 1 N–H and O–H groups in total. The van der Waals surface area contributed by atoms with Crippen LogP contribution in [0.5, 0.6) is 0 Å². The van der Waals surface area contributed by atoms with Gasteiger partial charge in [0.05, 0.1) is 17.7 Å². The summed E-state index contributed by atoms with van der Waals surface area (Å²) in [7, 11) is 0. The molecule has 0 aliphatic heterocycles. The van der Waals surface area contributed by atoms with Crippen molar-refractivity contribution >= 4 is 11.3 Å². The van der Waals surface area contributed by atoms with Crippen molar-refractivity contribution in [3.05, 3.63) is 22.4 Å². The Balaban J connectivity index is 3.10. The summed E-state index contributed by atoms with van der Waals surface area (Å²) >= 11 is 1.56. The van der Waals surface area contributed by atoms with Gasteiger partial charge in [-0.15, -0.1) is 11.3 Å². The molecule has 0 aliphatic rings. The van der Waals surface area contributed by atoms with Crippen molar-refractivity contribution < 1.29 is 0 Å². The van der Waals surface area contributed by atoms with Crippen LogP contribution in [0, 0.1) is 28.6 Å². The monoisotopic (exact) mass is 219 g/mol. The summed E-state index contributed by atoms with van der Waals surface area (Å²) in [5, 5.41) is 23.1. The molecule has 15 heavy (non-hydrogen) atoms. The molecule has 0 radical (unpaired) electrons. The van der Waals surface area contributed by atoms with E-state index in [1.165, 1.54) is 0 Å². The molecule has 0 aliphatic carbocycles. The van der Waals surface area contributed by atoms with Crippen LogP contribution in [0.2, 0.25) is 0 Å². The molecule has 0 bridgehead atoms. The topological polar surface area (TPSA) is 59.6 Å². The minimum absolute atomic E-state index is 0.563. The second-order valence-electron chi connectivity index (χ2n) is 3.40. The second kappa shape index (κ2) is 4.93. The van der Waals surface area contributed by atoms with Crippen LogP contribution in [0.15, 0.2) is 17.5 Å². The SMILES string of the molecule is CCNC(C)(c1cccs1)C(C#N)C#N. The van der Waals surface area contributed by atoms with Crippen LogP contribution in [0.25, 0.3) is 0 Å². The van der Waals surface area contributed by atoms with Gasteiger partial charge in [-0.2, -0.15) is 10.5 Å². The van der Waals surface area contributed by atoms with Crippen molar-refractivity contribution in [2.24, 2.45) is 5.92 Å². The van der Waals surface area contributed by atoms with E-state index in [0.29, 0.717) is 0 Å². The number of thiophene rings is 1. The molecule has 78 valence electrons. The first-order chi connectivity index (χ1) is 7.19. The van der Waals surface area contributed by atoms with E-state index < -0.39 is 11.5 Å². The quantitative estimate of drug-likeness (QED) is 0.844. The minimum atomic E-state index is -0.670. The predicted octanol–water partition coefficient (Wildman–Crippen LogP) is 2.24. The average Bonchev–Trinajstić information content (AvgIpc) is 2.73. The summed E-state index contributed by atoms with van der Waals surface area (Å²) in [6.07, 6.45) is 0. The molecule has 1 unspecified atom stereocenters. The van der Waals surface area contributed by atoms with E-state index in [2.05, 4.69) is 5.32 Å². The first-order valence-electron chi connectivity index (χ1n) is 4.77. The number of nitrogens with zero attached hydrogens (tertiary/aromatic N) is 2. The van der Waals surface area contributed by atoms with Crippen LogP contribution in [-0.2, 0) is 5.54 Å². The van der Waals surface area contributed by atoms with Gasteiger partial charge in [-0.25, -0.2) is 0 Å². The Morgan fingerprint density at radius 3 is 2.60 bits per heavy atom. The van der Waals surface area contributed by atoms with Crippen molar-refractivity contribution in [2.75, 3.05) is 6.54 Å². The number of nitrogens with one attached hydrogen (secondary N) is 1. The molecule has 0 amide bonds. The molecular formula is C11H13N3S. The van der Waals surface area contributed by atoms with Gasteiger partial charge in [0.1, 0.15) is 0 Å². The van der Waals surface area contributed by atoms with Crippen LogP contribution < -0.4 is 5.32 Å². The maximum atomic E-state index is 8.98. The third kappa shape index (κ3) is 2.18. The summed E-state index contributed by atoms with van der Waals surface area (Å²) in [6.45, 7) is 4.60. The molecule has 1 atom stereocenters. The fourth-order valence-electron chi connectivity index (χ4n) is 1.56. The maximum Gasteiger partial charge on any atom is 0.156 e. The van der Waals surface area contributed by atoms with E-state index in [4.69, 9.17) is 10.5 Å². The Morgan fingerprint density at radius 1 is 1.53 bits per heavy atom. The lowest BCUT2D eigenvalue weighted by Crippen LogP contribution is -2.44. The van der Waals surface area contributed by atoms with E-state index in [9.17, 15) is 0 Å². The van der Waals surface area contributed by atoms with E-state index >= 15 is 0 Å². The zero-order valence-electron chi connectivity index (χ0n) is 8.82. The first-order valence-corrected chi connectivity index (χ1v) is 5.65. The normalized spacial score (nSPS) is 14.2. The average molecular weight is 219 g/mol. The Morgan fingerprint density at radius 2 is 2.20 bits per heavy atom. The highest BCUT2D eigenvalue weighted by Crippen LogP contribution is 2.32. The van der Waals surface area contributed by atoms with E-state index in [1.807, 2.05) is 43.5 Å². The summed E-state index contributed by atoms with van der Waals surface area (Å²) < 4.78 is 0. The fourth-order valence-corrected chi connectivity index (χ4v) is 2.46. The molecule has 1 heterocycles. The zero-order valence-corrected chi connectivity index (χ0v) is 9.64. The highest BCUT2D eigenvalue weighted by atomic mass is 32.1. The largest absolute Gasteiger partial charge is 0.305 e. The van der Waals surface area contributed by atoms with Crippen molar-refractivity contribution in [3.8, 4) is 12.1 Å². The van der Waals surface area contributed by atoms with Crippen molar-refractivity contribution in [1.82, 2.24) is 5.32 Å². The lowest BCUT2D eigenvalue weighted by molar-refractivity contribution is 0.338. The highest BCUT2D eigenvalue weighted by molar-refractivity contribution is 7.10. The van der Waals surface area contributed by atoms with E-state index in [1.54, 1.807) is 11.3 Å². The summed E-state index contributed by atoms with van der Waals surface area (Å²) in [5.74, 6) is -0.670. The number of hydrogen-bond acceptors (Lipinski definition) is 4. The molecular weight excluding hydrogens is 206 g/mol. The Hall–Kier alpha value is -1.36. The van der Waals surface area contributed by atoms with Gasteiger partial charge >= 0.3 is 0 Å². The van der Waals surface area contributed by atoms with Gasteiger partial charge < -0.3 is 5.32 Å². The first kappa shape index (κ1) is 11.7. The highest BCUT2D eigenvalue weighted by Gasteiger charge is 2.36. The van der Waals surface area contributed by atoms with Crippen molar-refractivity contribution in [2.45, 2.75) is 19.4 Å². The smallest absolute Gasteiger partial charge is 0.156 e. The van der Waals surface area contributed by atoms with E-state index in [-0.39, 0.29) is 0 Å². The zero-order chi connectivity index (χ0) is 11.3. The standard InChI is InChI=1S/C11H13N3S/c1-3-14-11(2,9(7-12)8-13)10-5-4-6-15-10/h4-6,9,14H,3H2,1-2H3. The Bertz CT molecular complexity index is 371. The van der Waals surface area contributed by atoms with Gasteiger partial charge in [0.25, 0.3) is 0 Å². The lowest BCUT2D eigenvalue weighted by atomic mass is 9.86. The van der Waals surface area contributed by atoms with Gasteiger partial charge in [0, 0.05) is 4.88 Å². The van der Waals surface area contributed by atoms with Crippen LogP contribution in [0.4, 0.5) is 0 Å². The fraction of sp³-hybridized carbons (Fsp3) is 0.455. The molecule has 0 spiro atoms. The van der Waals surface area contributed by atoms with Crippen molar-refractivity contribution in [3.63, 3.8) is 0 Å². The molecule has 1 aromatic rings. The lowest BCUT2D eigenvalue weighted by Gasteiger charge is -2.30. The van der Waals surface area contributed by atoms with Crippen molar-refractivity contribution in [1.29, 1.82) is 10.5 Å². The summed E-state index contributed by atoms with van der Waals surface area (Å²) in [6, 6.07) is 7.98.